The fraction of sp³-hybridized carbons (Fsp3) is 0.455. The highest BCUT2D eigenvalue weighted by atomic mass is 16.5. The fourth-order valence-electron chi connectivity index (χ4n) is 2.89. The molecule has 23 heavy (non-hydrogen) atoms. The molecule has 0 heterocycles. The van der Waals surface area contributed by atoms with E-state index in [1.165, 1.54) is 47.9 Å². The first-order chi connectivity index (χ1) is 11.3. The highest BCUT2D eigenvalue weighted by Crippen LogP contribution is 2.17. The molecule has 1 nitrogen and oxygen atoms in total. The molecule has 0 amide bonds. The van der Waals surface area contributed by atoms with Gasteiger partial charge in [0.1, 0.15) is 0 Å². The van der Waals surface area contributed by atoms with Crippen molar-refractivity contribution < 1.29 is 4.74 Å². The Labute approximate surface area is 141 Å². The first-order valence-electron chi connectivity index (χ1n) is 9.06. The molecular weight excluding hydrogens is 280 g/mol. The predicted octanol–water partition coefficient (Wildman–Crippen LogP) is 6.09. The molecule has 2 rings (SSSR count). The van der Waals surface area contributed by atoms with Crippen LogP contribution < -0.4 is 0 Å². The zero-order chi connectivity index (χ0) is 16.3. The minimum absolute atomic E-state index is 0.710. The molecule has 0 saturated heterocycles. The zero-order valence-corrected chi connectivity index (χ0v) is 14.7. The van der Waals surface area contributed by atoms with Crippen LogP contribution in [0.15, 0.2) is 48.5 Å². The van der Waals surface area contributed by atoms with Crippen LogP contribution in [0.4, 0.5) is 0 Å². The second-order valence-corrected chi connectivity index (χ2v) is 6.24. The van der Waals surface area contributed by atoms with Crippen LogP contribution in [0.25, 0.3) is 0 Å². The molecular formula is C22H30O. The Balaban J connectivity index is 1.92. The molecule has 0 radical (unpaired) electrons. The smallest absolute Gasteiger partial charge is 0.0724 e. The van der Waals surface area contributed by atoms with Gasteiger partial charge in [-0.05, 0) is 47.9 Å². The van der Waals surface area contributed by atoms with Gasteiger partial charge in [0.2, 0.25) is 0 Å². The van der Waals surface area contributed by atoms with E-state index in [1.807, 2.05) is 0 Å². The molecule has 0 bridgehead atoms. The topological polar surface area (TPSA) is 9.23 Å². The van der Waals surface area contributed by atoms with E-state index in [4.69, 9.17) is 4.74 Å². The van der Waals surface area contributed by atoms with E-state index in [2.05, 4.69) is 62.4 Å². The van der Waals surface area contributed by atoms with Gasteiger partial charge >= 0.3 is 0 Å². The van der Waals surface area contributed by atoms with Gasteiger partial charge < -0.3 is 4.74 Å². The Morgan fingerprint density at radius 2 is 1.00 bits per heavy atom. The summed E-state index contributed by atoms with van der Waals surface area (Å²) in [5.41, 5.74) is 5.56. The molecule has 0 N–H and O–H groups in total. The summed E-state index contributed by atoms with van der Waals surface area (Å²) in [5, 5.41) is 0. The molecule has 0 spiro atoms. The third-order valence-electron chi connectivity index (χ3n) is 4.35. The lowest BCUT2D eigenvalue weighted by molar-refractivity contribution is 0.106. The summed E-state index contributed by atoms with van der Waals surface area (Å²) in [7, 11) is 0. The normalized spacial score (nSPS) is 10.9. The van der Waals surface area contributed by atoms with Crippen molar-refractivity contribution in [3.63, 3.8) is 0 Å². The second-order valence-electron chi connectivity index (χ2n) is 6.24. The SMILES string of the molecule is CCCCc1ccccc1COCc1ccccc1CCCC. The molecule has 0 aliphatic rings. The minimum atomic E-state index is 0.710. The maximum atomic E-state index is 6.05. The number of benzene rings is 2. The van der Waals surface area contributed by atoms with Crippen LogP contribution in [0, 0.1) is 0 Å². The quantitative estimate of drug-likeness (QED) is 0.516. The van der Waals surface area contributed by atoms with Gasteiger partial charge in [0, 0.05) is 0 Å². The maximum absolute atomic E-state index is 6.05. The van der Waals surface area contributed by atoms with Gasteiger partial charge in [-0.2, -0.15) is 0 Å². The van der Waals surface area contributed by atoms with Crippen molar-refractivity contribution in [2.45, 2.75) is 65.6 Å². The summed E-state index contributed by atoms with van der Waals surface area (Å²) in [5.74, 6) is 0. The number of rotatable bonds is 10. The summed E-state index contributed by atoms with van der Waals surface area (Å²) in [6, 6.07) is 17.4. The average molecular weight is 310 g/mol. The third kappa shape index (κ3) is 5.84. The summed E-state index contributed by atoms with van der Waals surface area (Å²) >= 11 is 0. The standard InChI is InChI=1S/C22H30O/c1-3-5-11-19-13-7-9-15-21(19)17-23-18-22-16-10-8-14-20(22)12-6-4-2/h7-10,13-16H,3-6,11-12,17-18H2,1-2H3. The first kappa shape index (κ1) is 17.7. The molecule has 0 aromatic heterocycles. The lowest BCUT2D eigenvalue weighted by Crippen LogP contribution is -2.01. The molecule has 0 fully saturated rings. The molecule has 2 aromatic carbocycles. The number of hydrogen-bond donors (Lipinski definition) is 0. The number of hydrogen-bond acceptors (Lipinski definition) is 1. The van der Waals surface area contributed by atoms with Crippen molar-refractivity contribution in [3.8, 4) is 0 Å². The van der Waals surface area contributed by atoms with Crippen molar-refractivity contribution in [2.24, 2.45) is 0 Å². The lowest BCUT2D eigenvalue weighted by Gasteiger charge is -2.12. The van der Waals surface area contributed by atoms with Gasteiger partial charge in [-0.3, -0.25) is 0 Å². The molecule has 124 valence electrons. The first-order valence-corrected chi connectivity index (χ1v) is 9.06. The van der Waals surface area contributed by atoms with Gasteiger partial charge in [0.05, 0.1) is 13.2 Å². The molecule has 1 heteroatoms. The molecule has 0 atom stereocenters. The van der Waals surface area contributed by atoms with Crippen LogP contribution in [0.3, 0.4) is 0 Å². The van der Waals surface area contributed by atoms with Crippen LogP contribution in [0.5, 0.6) is 0 Å². The molecule has 0 aliphatic heterocycles. The minimum Gasteiger partial charge on any atom is -0.372 e. The van der Waals surface area contributed by atoms with Gasteiger partial charge in [0.15, 0.2) is 0 Å². The predicted molar refractivity (Wildman–Crippen MR) is 98.6 cm³/mol. The second kappa shape index (κ2) is 10.2. The van der Waals surface area contributed by atoms with Crippen molar-refractivity contribution >= 4 is 0 Å². The van der Waals surface area contributed by atoms with Crippen molar-refractivity contribution in [1.29, 1.82) is 0 Å². The van der Waals surface area contributed by atoms with Crippen molar-refractivity contribution in [2.75, 3.05) is 0 Å². The Bertz CT molecular complexity index is 522. The van der Waals surface area contributed by atoms with Crippen LogP contribution in [-0.2, 0) is 30.8 Å². The Morgan fingerprint density at radius 3 is 1.39 bits per heavy atom. The fourth-order valence-corrected chi connectivity index (χ4v) is 2.89. The largest absolute Gasteiger partial charge is 0.372 e. The summed E-state index contributed by atoms with van der Waals surface area (Å²) in [4.78, 5) is 0. The van der Waals surface area contributed by atoms with Crippen LogP contribution >= 0.6 is 0 Å². The Kier molecular flexibility index (Phi) is 7.89. The monoisotopic (exact) mass is 310 g/mol. The average Bonchev–Trinajstić information content (AvgIpc) is 2.60. The highest BCUT2D eigenvalue weighted by Gasteiger charge is 2.04. The van der Waals surface area contributed by atoms with E-state index >= 15 is 0 Å². The van der Waals surface area contributed by atoms with Crippen molar-refractivity contribution in [3.05, 3.63) is 70.8 Å². The summed E-state index contributed by atoms with van der Waals surface area (Å²) in [6.45, 7) is 5.91. The highest BCUT2D eigenvalue weighted by molar-refractivity contribution is 5.28. The van der Waals surface area contributed by atoms with Gasteiger partial charge in [0.25, 0.3) is 0 Å². The lowest BCUT2D eigenvalue weighted by atomic mass is 10.0. The van der Waals surface area contributed by atoms with Gasteiger partial charge in [-0.1, -0.05) is 75.2 Å². The summed E-state index contributed by atoms with van der Waals surface area (Å²) in [6.07, 6.45) is 7.28. The Hall–Kier alpha value is -1.60. The van der Waals surface area contributed by atoms with Crippen molar-refractivity contribution in [1.82, 2.24) is 0 Å². The summed E-state index contributed by atoms with van der Waals surface area (Å²) < 4.78 is 6.05. The van der Waals surface area contributed by atoms with E-state index in [0.29, 0.717) is 13.2 Å². The molecule has 0 saturated carbocycles. The van der Waals surface area contributed by atoms with E-state index in [0.717, 1.165) is 12.8 Å². The zero-order valence-electron chi connectivity index (χ0n) is 14.7. The number of unbranched alkanes of at least 4 members (excludes halogenated alkanes) is 2. The van der Waals surface area contributed by atoms with Crippen LogP contribution in [0.2, 0.25) is 0 Å². The maximum Gasteiger partial charge on any atom is 0.0724 e. The van der Waals surface area contributed by atoms with Crippen LogP contribution in [0.1, 0.15) is 61.8 Å². The molecule has 2 aromatic rings. The molecule has 0 aliphatic carbocycles. The Morgan fingerprint density at radius 1 is 0.609 bits per heavy atom. The van der Waals surface area contributed by atoms with Crippen LogP contribution in [-0.4, -0.2) is 0 Å². The van der Waals surface area contributed by atoms with Gasteiger partial charge in [-0.15, -0.1) is 0 Å². The van der Waals surface area contributed by atoms with E-state index in [1.54, 1.807) is 0 Å². The van der Waals surface area contributed by atoms with E-state index in [-0.39, 0.29) is 0 Å². The third-order valence-corrected chi connectivity index (χ3v) is 4.35. The van der Waals surface area contributed by atoms with Gasteiger partial charge in [-0.25, -0.2) is 0 Å². The number of aryl methyl sites for hydroxylation is 2. The number of ether oxygens (including phenoxy) is 1. The van der Waals surface area contributed by atoms with E-state index in [9.17, 15) is 0 Å². The van der Waals surface area contributed by atoms with E-state index < -0.39 is 0 Å². The molecule has 0 unspecified atom stereocenters.